The van der Waals surface area contributed by atoms with E-state index in [1.807, 2.05) is 0 Å². The van der Waals surface area contributed by atoms with E-state index in [4.69, 9.17) is 9.47 Å². The third kappa shape index (κ3) is 6.85. The first kappa shape index (κ1) is 22.3. The van der Waals surface area contributed by atoms with Gasteiger partial charge < -0.3 is 20.1 Å². The highest BCUT2D eigenvalue weighted by atomic mass is 16.5. The van der Waals surface area contributed by atoms with E-state index in [0.717, 1.165) is 38.4 Å². The van der Waals surface area contributed by atoms with E-state index in [2.05, 4.69) is 78.0 Å². The molecule has 5 heteroatoms. The molecule has 162 valence electrons. The molecule has 5 nitrogen and oxygen atoms in total. The summed E-state index contributed by atoms with van der Waals surface area (Å²) in [5.41, 5.74) is 5.02. The molecule has 2 aromatic carbocycles. The molecule has 1 fully saturated rings. The molecule has 1 unspecified atom stereocenters. The first-order valence-electron chi connectivity index (χ1n) is 11.0. The summed E-state index contributed by atoms with van der Waals surface area (Å²) in [4.78, 5) is 4.38. The first-order chi connectivity index (χ1) is 14.7. The monoisotopic (exact) mass is 409 g/mol. The van der Waals surface area contributed by atoms with Crippen LogP contribution in [0.15, 0.2) is 53.5 Å². The van der Waals surface area contributed by atoms with Gasteiger partial charge in [-0.3, -0.25) is 4.99 Å². The predicted octanol–water partition coefficient (Wildman–Crippen LogP) is 4.37. The Balaban J connectivity index is 1.49. The number of rotatable bonds is 8. The average Bonchev–Trinajstić information content (AvgIpc) is 2.81. The molecule has 1 heterocycles. The molecule has 1 saturated heterocycles. The average molecular weight is 410 g/mol. The molecule has 0 saturated carbocycles. The normalized spacial score (nSPS) is 16.3. The van der Waals surface area contributed by atoms with Crippen molar-refractivity contribution in [1.29, 1.82) is 0 Å². The Morgan fingerprint density at radius 2 is 1.83 bits per heavy atom. The lowest BCUT2D eigenvalue weighted by atomic mass is 10.1. The molecule has 0 aromatic heterocycles. The van der Waals surface area contributed by atoms with Gasteiger partial charge in [-0.05, 0) is 48.4 Å². The fourth-order valence-corrected chi connectivity index (χ4v) is 3.60. The Labute approximate surface area is 180 Å². The number of nitrogens with zero attached hydrogens (tertiary/aromatic N) is 1. The van der Waals surface area contributed by atoms with Crippen LogP contribution >= 0.6 is 0 Å². The van der Waals surface area contributed by atoms with Gasteiger partial charge in [0.05, 0.1) is 18.8 Å². The molecular formula is C25H35N3O2. The molecule has 2 N–H and O–H groups in total. The molecule has 3 rings (SSSR count). The van der Waals surface area contributed by atoms with E-state index in [1.54, 1.807) is 7.05 Å². The minimum Gasteiger partial charge on any atom is -0.381 e. The molecular weight excluding hydrogens is 374 g/mol. The fraction of sp³-hybridized carbons (Fsp3) is 0.480. The molecule has 0 amide bonds. The molecule has 0 radical (unpaired) electrons. The number of aryl methyl sites for hydroxylation is 1. The highest BCUT2D eigenvalue weighted by Gasteiger charge is 2.14. The Morgan fingerprint density at radius 3 is 2.53 bits per heavy atom. The van der Waals surface area contributed by atoms with Crippen molar-refractivity contribution in [3.05, 3.63) is 70.8 Å². The largest absolute Gasteiger partial charge is 0.381 e. The van der Waals surface area contributed by atoms with Crippen molar-refractivity contribution < 1.29 is 9.47 Å². The third-order valence-electron chi connectivity index (χ3n) is 5.57. The summed E-state index contributed by atoms with van der Waals surface area (Å²) in [7, 11) is 1.81. The van der Waals surface area contributed by atoms with Crippen LogP contribution in [0.5, 0.6) is 0 Å². The van der Waals surface area contributed by atoms with Crippen LogP contribution in [0.4, 0.5) is 0 Å². The van der Waals surface area contributed by atoms with Crippen LogP contribution < -0.4 is 10.6 Å². The van der Waals surface area contributed by atoms with Crippen molar-refractivity contribution in [2.24, 2.45) is 4.99 Å². The summed E-state index contributed by atoms with van der Waals surface area (Å²) >= 11 is 0. The zero-order valence-electron chi connectivity index (χ0n) is 18.5. The maximum absolute atomic E-state index is 6.05. The quantitative estimate of drug-likeness (QED) is 0.502. The van der Waals surface area contributed by atoms with Crippen molar-refractivity contribution >= 4 is 5.96 Å². The summed E-state index contributed by atoms with van der Waals surface area (Å²) in [5, 5.41) is 6.90. The van der Waals surface area contributed by atoms with Crippen LogP contribution in [-0.2, 0) is 29.0 Å². The summed E-state index contributed by atoms with van der Waals surface area (Å²) in [6, 6.07) is 17.5. The molecule has 1 aliphatic rings. The molecule has 0 aliphatic carbocycles. The smallest absolute Gasteiger partial charge is 0.191 e. The van der Waals surface area contributed by atoms with Crippen LogP contribution in [0, 0.1) is 0 Å². The molecule has 30 heavy (non-hydrogen) atoms. The highest BCUT2D eigenvalue weighted by molar-refractivity contribution is 5.80. The maximum Gasteiger partial charge on any atom is 0.191 e. The number of ether oxygens (including phenoxy) is 2. The lowest BCUT2D eigenvalue weighted by Crippen LogP contribution is -2.38. The van der Waals surface area contributed by atoms with Crippen molar-refractivity contribution in [3.63, 3.8) is 0 Å². The second kappa shape index (κ2) is 11.7. The van der Waals surface area contributed by atoms with E-state index < -0.39 is 0 Å². The van der Waals surface area contributed by atoms with E-state index in [0.29, 0.717) is 19.3 Å². The Bertz CT molecular complexity index is 798. The standard InChI is InChI=1S/C25H35N3O2/c1-4-20-8-10-23(11-9-20)19(2)28-25(26-3)27-17-21-6-5-7-22(16-21)18-30-24-12-14-29-15-13-24/h5-11,16,19,24H,4,12-15,17-18H2,1-3H3,(H2,26,27,28). The van der Waals surface area contributed by atoms with E-state index in [-0.39, 0.29) is 6.04 Å². The minimum absolute atomic E-state index is 0.182. The molecule has 1 atom stereocenters. The number of hydrogen-bond acceptors (Lipinski definition) is 3. The van der Waals surface area contributed by atoms with Crippen LogP contribution in [0.3, 0.4) is 0 Å². The fourth-order valence-electron chi connectivity index (χ4n) is 3.60. The number of guanidine groups is 1. The molecule has 1 aliphatic heterocycles. The van der Waals surface area contributed by atoms with Crippen molar-refractivity contribution in [2.75, 3.05) is 20.3 Å². The number of nitrogens with one attached hydrogen (secondary N) is 2. The lowest BCUT2D eigenvalue weighted by Gasteiger charge is -2.22. The highest BCUT2D eigenvalue weighted by Crippen LogP contribution is 2.15. The van der Waals surface area contributed by atoms with Crippen LogP contribution in [0.1, 0.15) is 55.0 Å². The van der Waals surface area contributed by atoms with Gasteiger partial charge in [-0.15, -0.1) is 0 Å². The number of benzene rings is 2. The van der Waals surface area contributed by atoms with Crippen molar-refractivity contribution in [3.8, 4) is 0 Å². The number of hydrogen-bond donors (Lipinski definition) is 2. The summed E-state index contributed by atoms with van der Waals surface area (Å²) < 4.78 is 11.4. The van der Waals surface area contributed by atoms with E-state index in [1.165, 1.54) is 22.3 Å². The van der Waals surface area contributed by atoms with Gasteiger partial charge in [0.1, 0.15) is 0 Å². The van der Waals surface area contributed by atoms with Gasteiger partial charge >= 0.3 is 0 Å². The lowest BCUT2D eigenvalue weighted by molar-refractivity contribution is -0.0390. The summed E-state index contributed by atoms with van der Waals surface area (Å²) in [6.07, 6.45) is 3.35. The predicted molar refractivity (Wildman–Crippen MR) is 123 cm³/mol. The van der Waals surface area contributed by atoms with Gasteiger partial charge in [0.2, 0.25) is 0 Å². The van der Waals surface area contributed by atoms with E-state index >= 15 is 0 Å². The van der Waals surface area contributed by atoms with Crippen LogP contribution in [0.25, 0.3) is 0 Å². The number of aliphatic imine (C=N–C) groups is 1. The molecule has 2 aromatic rings. The van der Waals surface area contributed by atoms with Gasteiger partial charge in [0.25, 0.3) is 0 Å². The van der Waals surface area contributed by atoms with Gasteiger partial charge in [-0.1, -0.05) is 55.5 Å². The van der Waals surface area contributed by atoms with Gasteiger partial charge in [0, 0.05) is 26.8 Å². The summed E-state index contributed by atoms with van der Waals surface area (Å²) in [6.45, 7) is 7.31. The maximum atomic E-state index is 6.05. The molecule has 0 bridgehead atoms. The first-order valence-corrected chi connectivity index (χ1v) is 11.0. The Morgan fingerprint density at radius 1 is 1.10 bits per heavy atom. The van der Waals surface area contributed by atoms with Crippen molar-refractivity contribution in [1.82, 2.24) is 10.6 Å². The van der Waals surface area contributed by atoms with E-state index in [9.17, 15) is 0 Å². The second-order valence-electron chi connectivity index (χ2n) is 7.83. The zero-order chi connectivity index (χ0) is 21.2. The van der Waals surface area contributed by atoms with Crippen LogP contribution in [0.2, 0.25) is 0 Å². The van der Waals surface area contributed by atoms with Crippen LogP contribution in [-0.4, -0.2) is 32.3 Å². The SMILES string of the molecule is CCc1ccc(C(C)NC(=NC)NCc2cccc(COC3CCOCC3)c2)cc1. The molecule has 0 spiro atoms. The zero-order valence-corrected chi connectivity index (χ0v) is 18.5. The van der Waals surface area contributed by atoms with Gasteiger partial charge in [0.15, 0.2) is 5.96 Å². The second-order valence-corrected chi connectivity index (χ2v) is 7.83. The minimum atomic E-state index is 0.182. The summed E-state index contributed by atoms with van der Waals surface area (Å²) in [5.74, 6) is 0.797. The van der Waals surface area contributed by atoms with Gasteiger partial charge in [-0.25, -0.2) is 0 Å². The third-order valence-corrected chi connectivity index (χ3v) is 5.57. The Hall–Kier alpha value is -2.37. The van der Waals surface area contributed by atoms with Crippen molar-refractivity contribution in [2.45, 2.75) is 58.4 Å². The topological polar surface area (TPSA) is 54.9 Å². The van der Waals surface area contributed by atoms with Gasteiger partial charge in [-0.2, -0.15) is 0 Å². The Kier molecular flexibility index (Phi) is 8.72.